The van der Waals surface area contributed by atoms with E-state index in [1.54, 1.807) is 7.11 Å². The first-order valence-electron chi connectivity index (χ1n) is 5.93. The lowest BCUT2D eigenvalue weighted by Gasteiger charge is -2.17. The molecule has 0 aromatic carbocycles. The largest absolute Gasteiger partial charge is 0.382 e. The van der Waals surface area contributed by atoms with Crippen molar-refractivity contribution in [2.45, 2.75) is 6.92 Å². The molecule has 0 aromatic heterocycles. The molecule has 0 spiro atoms. The van der Waals surface area contributed by atoms with Crippen molar-refractivity contribution in [3.05, 3.63) is 0 Å². The van der Waals surface area contributed by atoms with E-state index in [1.807, 2.05) is 14.0 Å². The van der Waals surface area contributed by atoms with Crippen LogP contribution in [0.15, 0.2) is 0 Å². The van der Waals surface area contributed by atoms with E-state index in [4.69, 9.17) is 19.5 Å². The van der Waals surface area contributed by atoms with Crippen molar-refractivity contribution in [1.29, 1.82) is 5.26 Å². The Hall–Kier alpha value is -0.670. The van der Waals surface area contributed by atoms with Gasteiger partial charge in [-0.1, -0.05) is 0 Å². The summed E-state index contributed by atoms with van der Waals surface area (Å²) in [5.74, 6) is 0.0670. The van der Waals surface area contributed by atoms with Crippen LogP contribution in [0.3, 0.4) is 0 Å². The number of likely N-dealkylation sites (N-methyl/N-ethyl adjacent to an activating group) is 1. The molecule has 0 amide bonds. The molecule has 100 valence electrons. The lowest BCUT2D eigenvalue weighted by atomic mass is 10.2. The van der Waals surface area contributed by atoms with Gasteiger partial charge in [0.1, 0.15) is 0 Å². The summed E-state index contributed by atoms with van der Waals surface area (Å²) < 4.78 is 15.5. The summed E-state index contributed by atoms with van der Waals surface area (Å²) in [5.41, 5.74) is 0. The van der Waals surface area contributed by atoms with E-state index in [0.717, 1.165) is 13.1 Å². The van der Waals surface area contributed by atoms with Gasteiger partial charge < -0.3 is 19.1 Å². The monoisotopic (exact) mass is 244 g/mol. The summed E-state index contributed by atoms with van der Waals surface area (Å²) in [4.78, 5) is 2.10. The highest BCUT2D eigenvalue weighted by Gasteiger charge is 2.04. The molecule has 0 rings (SSSR count). The van der Waals surface area contributed by atoms with Gasteiger partial charge in [0.25, 0.3) is 0 Å². The number of nitrogens with zero attached hydrogens (tertiary/aromatic N) is 2. The zero-order valence-electron chi connectivity index (χ0n) is 11.1. The minimum absolute atomic E-state index is 0.0670. The topological polar surface area (TPSA) is 54.7 Å². The second kappa shape index (κ2) is 11.8. The molecule has 1 atom stereocenters. The Bertz CT molecular complexity index is 206. The molecule has 0 aliphatic carbocycles. The maximum atomic E-state index is 8.66. The van der Waals surface area contributed by atoms with Crippen molar-refractivity contribution in [3.63, 3.8) is 0 Å². The van der Waals surface area contributed by atoms with Crippen LogP contribution < -0.4 is 0 Å². The van der Waals surface area contributed by atoms with E-state index in [2.05, 4.69) is 11.0 Å². The van der Waals surface area contributed by atoms with Gasteiger partial charge in [-0.15, -0.1) is 0 Å². The SMILES string of the molecule is COCCOCCOCCN(C)CC(C)C#N. The fourth-order valence-corrected chi connectivity index (χ4v) is 1.28. The van der Waals surface area contributed by atoms with Crippen molar-refractivity contribution in [2.75, 3.05) is 60.3 Å². The Kier molecular flexibility index (Phi) is 11.3. The number of ether oxygens (including phenoxy) is 3. The number of hydrogen-bond acceptors (Lipinski definition) is 5. The van der Waals surface area contributed by atoms with E-state index in [9.17, 15) is 0 Å². The molecule has 0 radical (unpaired) electrons. The average molecular weight is 244 g/mol. The summed E-state index contributed by atoms with van der Waals surface area (Å²) in [5, 5.41) is 8.66. The summed E-state index contributed by atoms with van der Waals surface area (Å²) in [6, 6.07) is 2.21. The Labute approximate surface area is 104 Å². The first-order chi connectivity index (χ1) is 8.20. The predicted molar refractivity (Wildman–Crippen MR) is 65.8 cm³/mol. The fourth-order valence-electron chi connectivity index (χ4n) is 1.28. The molecular formula is C12H24N2O3. The van der Waals surface area contributed by atoms with Gasteiger partial charge in [0, 0.05) is 20.2 Å². The molecular weight excluding hydrogens is 220 g/mol. The van der Waals surface area contributed by atoms with Gasteiger partial charge in [0.2, 0.25) is 0 Å². The molecule has 1 unspecified atom stereocenters. The van der Waals surface area contributed by atoms with Crippen LogP contribution in [0.5, 0.6) is 0 Å². The quantitative estimate of drug-likeness (QED) is 0.502. The molecule has 0 N–H and O–H groups in total. The number of nitriles is 1. The minimum Gasteiger partial charge on any atom is -0.382 e. The third-order valence-electron chi connectivity index (χ3n) is 2.23. The second-order valence-electron chi connectivity index (χ2n) is 4.01. The van der Waals surface area contributed by atoms with Gasteiger partial charge >= 0.3 is 0 Å². The fraction of sp³-hybridized carbons (Fsp3) is 0.917. The second-order valence-corrected chi connectivity index (χ2v) is 4.01. The van der Waals surface area contributed by atoms with Crippen molar-refractivity contribution in [1.82, 2.24) is 4.90 Å². The standard InChI is InChI=1S/C12H24N2O3/c1-12(10-13)11-14(2)4-5-16-8-9-17-7-6-15-3/h12H,4-9,11H2,1-3H3. The molecule has 0 aliphatic rings. The van der Waals surface area contributed by atoms with Crippen molar-refractivity contribution in [3.8, 4) is 6.07 Å². The lowest BCUT2D eigenvalue weighted by Crippen LogP contribution is -2.28. The zero-order valence-corrected chi connectivity index (χ0v) is 11.1. The molecule has 5 nitrogen and oxygen atoms in total. The first kappa shape index (κ1) is 16.3. The molecule has 0 fully saturated rings. The van der Waals surface area contributed by atoms with Crippen molar-refractivity contribution < 1.29 is 14.2 Å². The Balaban J connectivity index is 3.20. The van der Waals surface area contributed by atoms with Crippen LogP contribution in [0.2, 0.25) is 0 Å². The van der Waals surface area contributed by atoms with E-state index >= 15 is 0 Å². The van der Waals surface area contributed by atoms with Gasteiger partial charge in [-0.05, 0) is 14.0 Å². The molecule has 0 heterocycles. The Morgan fingerprint density at radius 2 is 1.71 bits per heavy atom. The van der Waals surface area contributed by atoms with Crippen LogP contribution in [0, 0.1) is 17.2 Å². The highest BCUT2D eigenvalue weighted by molar-refractivity contribution is 4.80. The lowest BCUT2D eigenvalue weighted by molar-refractivity contribution is 0.0205. The Morgan fingerprint density at radius 1 is 1.12 bits per heavy atom. The predicted octanol–water partition coefficient (Wildman–Crippen LogP) is 0.757. The highest BCUT2D eigenvalue weighted by atomic mass is 16.5. The maximum Gasteiger partial charge on any atom is 0.0701 e. The third kappa shape index (κ3) is 11.6. The van der Waals surface area contributed by atoms with Crippen LogP contribution in [-0.4, -0.2) is 65.2 Å². The van der Waals surface area contributed by atoms with Crippen LogP contribution in [0.4, 0.5) is 0 Å². The smallest absolute Gasteiger partial charge is 0.0701 e. The number of rotatable bonds is 11. The van der Waals surface area contributed by atoms with Crippen LogP contribution in [0.1, 0.15) is 6.92 Å². The molecule has 17 heavy (non-hydrogen) atoms. The van der Waals surface area contributed by atoms with Gasteiger partial charge in [0.05, 0.1) is 45.0 Å². The molecule has 0 aliphatic heterocycles. The van der Waals surface area contributed by atoms with Crippen molar-refractivity contribution in [2.24, 2.45) is 5.92 Å². The van der Waals surface area contributed by atoms with Gasteiger partial charge in [0.15, 0.2) is 0 Å². The van der Waals surface area contributed by atoms with E-state index in [0.29, 0.717) is 33.0 Å². The van der Waals surface area contributed by atoms with Crippen LogP contribution >= 0.6 is 0 Å². The molecule has 5 heteroatoms. The maximum absolute atomic E-state index is 8.66. The van der Waals surface area contributed by atoms with Crippen LogP contribution in [0.25, 0.3) is 0 Å². The summed E-state index contributed by atoms with van der Waals surface area (Å²) in [6.45, 7) is 6.64. The van der Waals surface area contributed by atoms with Crippen molar-refractivity contribution >= 4 is 0 Å². The summed E-state index contributed by atoms with van der Waals surface area (Å²) in [7, 11) is 3.64. The van der Waals surface area contributed by atoms with Gasteiger partial charge in [-0.3, -0.25) is 0 Å². The third-order valence-corrected chi connectivity index (χ3v) is 2.23. The van der Waals surface area contributed by atoms with Crippen LogP contribution in [-0.2, 0) is 14.2 Å². The molecule has 0 saturated carbocycles. The number of methoxy groups -OCH3 is 1. The van der Waals surface area contributed by atoms with Gasteiger partial charge in [-0.2, -0.15) is 5.26 Å². The van der Waals surface area contributed by atoms with Gasteiger partial charge in [-0.25, -0.2) is 0 Å². The normalized spacial score (nSPS) is 12.6. The number of hydrogen-bond donors (Lipinski definition) is 0. The highest BCUT2D eigenvalue weighted by Crippen LogP contribution is 1.95. The molecule has 0 bridgehead atoms. The first-order valence-corrected chi connectivity index (χ1v) is 5.93. The summed E-state index contributed by atoms with van der Waals surface area (Å²) >= 11 is 0. The Morgan fingerprint density at radius 3 is 2.29 bits per heavy atom. The molecule has 0 aromatic rings. The summed E-state index contributed by atoms with van der Waals surface area (Å²) in [6.07, 6.45) is 0. The van der Waals surface area contributed by atoms with E-state index in [1.165, 1.54) is 0 Å². The molecule has 0 saturated heterocycles. The van der Waals surface area contributed by atoms with E-state index < -0.39 is 0 Å². The average Bonchev–Trinajstić information content (AvgIpc) is 2.32. The zero-order chi connectivity index (χ0) is 12.9. The minimum atomic E-state index is 0.0670. The van der Waals surface area contributed by atoms with E-state index in [-0.39, 0.29) is 5.92 Å².